The second-order valence-corrected chi connectivity index (χ2v) is 2.79. The molecule has 0 bridgehead atoms. The normalized spacial score (nSPS) is 11.2. The molecular weight excluding hydrogens is 156 g/mol. The molecule has 0 N–H and O–H groups in total. The van der Waals surface area contributed by atoms with E-state index in [1.807, 2.05) is 37.0 Å². The van der Waals surface area contributed by atoms with Crippen molar-refractivity contribution in [1.29, 1.82) is 0 Å². The standard InChI is InChI=1S/C8H12N2S/c1-7-8(4-3-5-11)6-10(2)9-7/h3-4,6,11H,5H2,1-2H3. The van der Waals surface area contributed by atoms with Crippen LogP contribution in [0.1, 0.15) is 11.3 Å². The highest BCUT2D eigenvalue weighted by Gasteiger charge is 1.96. The monoisotopic (exact) mass is 168 g/mol. The second-order valence-electron chi connectivity index (χ2n) is 2.43. The zero-order valence-electron chi connectivity index (χ0n) is 6.78. The summed E-state index contributed by atoms with van der Waals surface area (Å²) in [5.41, 5.74) is 2.23. The van der Waals surface area contributed by atoms with Gasteiger partial charge in [-0.2, -0.15) is 17.7 Å². The van der Waals surface area contributed by atoms with Crippen LogP contribution < -0.4 is 0 Å². The number of nitrogens with zero attached hydrogens (tertiary/aromatic N) is 2. The van der Waals surface area contributed by atoms with E-state index in [-0.39, 0.29) is 0 Å². The third-order valence-electron chi connectivity index (χ3n) is 1.45. The van der Waals surface area contributed by atoms with E-state index in [4.69, 9.17) is 0 Å². The molecule has 0 amide bonds. The fraction of sp³-hybridized carbons (Fsp3) is 0.375. The maximum atomic E-state index is 4.20. The molecule has 0 saturated heterocycles. The lowest BCUT2D eigenvalue weighted by molar-refractivity contribution is 0.756. The average Bonchev–Trinajstić information content (AvgIpc) is 2.26. The lowest BCUT2D eigenvalue weighted by Crippen LogP contribution is -1.86. The minimum atomic E-state index is 0.772. The summed E-state index contributed by atoms with van der Waals surface area (Å²) in [5, 5.41) is 4.20. The predicted molar refractivity (Wildman–Crippen MR) is 50.8 cm³/mol. The molecule has 1 aromatic rings. The highest BCUT2D eigenvalue weighted by molar-refractivity contribution is 7.80. The summed E-state index contributed by atoms with van der Waals surface area (Å²) >= 11 is 4.08. The van der Waals surface area contributed by atoms with Crippen LogP contribution in [0.25, 0.3) is 6.08 Å². The van der Waals surface area contributed by atoms with E-state index in [2.05, 4.69) is 17.7 Å². The van der Waals surface area contributed by atoms with Crippen molar-refractivity contribution >= 4 is 18.7 Å². The number of thiol groups is 1. The topological polar surface area (TPSA) is 17.8 Å². The maximum absolute atomic E-state index is 4.20. The fourth-order valence-electron chi connectivity index (χ4n) is 0.961. The molecule has 1 heterocycles. The number of aromatic nitrogens is 2. The molecular formula is C8H12N2S. The van der Waals surface area contributed by atoms with E-state index >= 15 is 0 Å². The highest BCUT2D eigenvalue weighted by Crippen LogP contribution is 2.06. The van der Waals surface area contributed by atoms with E-state index in [0.29, 0.717) is 0 Å². The van der Waals surface area contributed by atoms with Crippen LogP contribution in [0.5, 0.6) is 0 Å². The molecule has 0 radical (unpaired) electrons. The average molecular weight is 168 g/mol. The summed E-state index contributed by atoms with van der Waals surface area (Å²) in [6, 6.07) is 0. The van der Waals surface area contributed by atoms with Gasteiger partial charge in [-0.1, -0.05) is 12.2 Å². The van der Waals surface area contributed by atoms with Crippen LogP contribution >= 0.6 is 12.6 Å². The van der Waals surface area contributed by atoms with Gasteiger partial charge in [-0.05, 0) is 6.92 Å². The molecule has 3 heteroatoms. The first-order valence-electron chi connectivity index (χ1n) is 3.51. The third-order valence-corrected chi connectivity index (χ3v) is 1.67. The Balaban J connectivity index is 2.85. The first-order chi connectivity index (χ1) is 5.24. The Hall–Kier alpha value is -0.700. The molecule has 0 aliphatic heterocycles. The van der Waals surface area contributed by atoms with Gasteiger partial charge in [-0.15, -0.1) is 0 Å². The van der Waals surface area contributed by atoms with Gasteiger partial charge in [0.2, 0.25) is 0 Å². The molecule has 11 heavy (non-hydrogen) atoms. The van der Waals surface area contributed by atoms with Crippen LogP contribution in [0.2, 0.25) is 0 Å². The van der Waals surface area contributed by atoms with Crippen LogP contribution in [-0.4, -0.2) is 15.5 Å². The van der Waals surface area contributed by atoms with Gasteiger partial charge in [-0.25, -0.2) is 0 Å². The molecule has 0 aliphatic carbocycles. The molecule has 60 valence electrons. The van der Waals surface area contributed by atoms with Crippen molar-refractivity contribution in [2.24, 2.45) is 7.05 Å². The summed E-state index contributed by atoms with van der Waals surface area (Å²) in [6.45, 7) is 2.00. The highest BCUT2D eigenvalue weighted by atomic mass is 32.1. The molecule has 0 saturated carbocycles. The Morgan fingerprint density at radius 3 is 2.91 bits per heavy atom. The van der Waals surface area contributed by atoms with Crippen molar-refractivity contribution in [3.63, 3.8) is 0 Å². The molecule has 1 aromatic heterocycles. The minimum Gasteiger partial charge on any atom is -0.275 e. The van der Waals surface area contributed by atoms with Crippen molar-refractivity contribution in [3.8, 4) is 0 Å². The molecule has 0 spiro atoms. The van der Waals surface area contributed by atoms with Crippen molar-refractivity contribution in [1.82, 2.24) is 9.78 Å². The van der Waals surface area contributed by atoms with Gasteiger partial charge in [0.25, 0.3) is 0 Å². The van der Waals surface area contributed by atoms with E-state index in [1.165, 1.54) is 5.56 Å². The number of aryl methyl sites for hydroxylation is 2. The SMILES string of the molecule is Cc1nn(C)cc1C=CCS. The fourth-order valence-corrected chi connectivity index (χ4v) is 1.07. The zero-order chi connectivity index (χ0) is 8.27. The number of hydrogen-bond acceptors (Lipinski definition) is 2. The third kappa shape index (κ3) is 2.12. The first kappa shape index (κ1) is 8.40. The molecule has 2 nitrogen and oxygen atoms in total. The van der Waals surface area contributed by atoms with Crippen molar-refractivity contribution in [3.05, 3.63) is 23.5 Å². The van der Waals surface area contributed by atoms with Crippen LogP contribution in [0.15, 0.2) is 12.3 Å². The smallest absolute Gasteiger partial charge is 0.0665 e. The van der Waals surface area contributed by atoms with Gasteiger partial charge in [0.1, 0.15) is 0 Å². The van der Waals surface area contributed by atoms with Gasteiger partial charge >= 0.3 is 0 Å². The largest absolute Gasteiger partial charge is 0.275 e. The Morgan fingerprint density at radius 2 is 2.45 bits per heavy atom. The van der Waals surface area contributed by atoms with Crippen molar-refractivity contribution < 1.29 is 0 Å². The second kappa shape index (κ2) is 3.62. The van der Waals surface area contributed by atoms with Crippen molar-refractivity contribution in [2.75, 3.05) is 5.75 Å². The van der Waals surface area contributed by atoms with Gasteiger partial charge in [0.15, 0.2) is 0 Å². The molecule has 0 unspecified atom stereocenters. The van der Waals surface area contributed by atoms with Gasteiger partial charge in [0.05, 0.1) is 5.69 Å². The first-order valence-corrected chi connectivity index (χ1v) is 4.15. The Labute approximate surface area is 72.3 Å². The molecule has 0 aromatic carbocycles. The lowest BCUT2D eigenvalue weighted by Gasteiger charge is -1.84. The zero-order valence-corrected chi connectivity index (χ0v) is 7.68. The lowest BCUT2D eigenvalue weighted by atomic mass is 10.2. The van der Waals surface area contributed by atoms with Gasteiger partial charge in [0, 0.05) is 24.6 Å². The van der Waals surface area contributed by atoms with E-state index in [9.17, 15) is 0 Å². The minimum absolute atomic E-state index is 0.772. The van der Waals surface area contributed by atoms with Crippen LogP contribution in [0.4, 0.5) is 0 Å². The van der Waals surface area contributed by atoms with Crippen LogP contribution in [-0.2, 0) is 7.05 Å². The van der Waals surface area contributed by atoms with Gasteiger partial charge < -0.3 is 0 Å². The summed E-state index contributed by atoms with van der Waals surface area (Å²) < 4.78 is 1.81. The molecule has 0 fully saturated rings. The molecule has 0 atom stereocenters. The number of hydrogen-bond donors (Lipinski definition) is 1. The van der Waals surface area contributed by atoms with Gasteiger partial charge in [-0.3, -0.25) is 4.68 Å². The quantitative estimate of drug-likeness (QED) is 0.665. The summed E-state index contributed by atoms with van der Waals surface area (Å²) in [4.78, 5) is 0. The Bertz CT molecular complexity index is 263. The van der Waals surface area contributed by atoms with E-state index in [0.717, 1.165) is 11.4 Å². The number of rotatable bonds is 2. The maximum Gasteiger partial charge on any atom is 0.0665 e. The van der Waals surface area contributed by atoms with Crippen LogP contribution in [0.3, 0.4) is 0 Å². The van der Waals surface area contributed by atoms with Crippen molar-refractivity contribution in [2.45, 2.75) is 6.92 Å². The van der Waals surface area contributed by atoms with Crippen LogP contribution in [0, 0.1) is 6.92 Å². The molecule has 0 aliphatic rings. The summed E-state index contributed by atoms with van der Waals surface area (Å²) in [5.74, 6) is 0.772. The van der Waals surface area contributed by atoms with E-state index < -0.39 is 0 Å². The predicted octanol–water partition coefficient (Wildman–Crippen LogP) is 1.67. The van der Waals surface area contributed by atoms with E-state index in [1.54, 1.807) is 0 Å². The summed E-state index contributed by atoms with van der Waals surface area (Å²) in [6.07, 6.45) is 6.04. The Morgan fingerprint density at radius 1 is 1.73 bits per heavy atom. The summed E-state index contributed by atoms with van der Waals surface area (Å²) in [7, 11) is 1.92. The Kier molecular flexibility index (Phi) is 2.76. The molecule has 1 rings (SSSR count).